The molecule has 0 aliphatic carbocycles. The summed E-state index contributed by atoms with van der Waals surface area (Å²) in [4.78, 5) is 15.2. The maximum Gasteiger partial charge on any atom is 0.167 e. The Balaban J connectivity index is 2.99. The fourth-order valence-corrected chi connectivity index (χ4v) is 1.42. The molecule has 0 fully saturated rings. The normalized spacial score (nSPS) is 10.1. The summed E-state index contributed by atoms with van der Waals surface area (Å²) in [5.41, 5.74) is 5.68. The number of aromatic nitrogens is 1. The molecule has 1 heterocycles. The minimum atomic E-state index is -0.0821. The van der Waals surface area contributed by atoms with Crippen LogP contribution in [0.1, 0.15) is 16.8 Å². The van der Waals surface area contributed by atoms with Crippen LogP contribution in [0.15, 0.2) is 16.7 Å². The van der Waals surface area contributed by atoms with E-state index in [4.69, 9.17) is 17.3 Å². The predicted molar refractivity (Wildman–Crippen MR) is 54.9 cm³/mol. The van der Waals surface area contributed by atoms with Gasteiger partial charge >= 0.3 is 0 Å². The number of pyridine rings is 1. The predicted octanol–water partition coefficient (Wildman–Crippen LogP) is 2.03. The molecule has 0 atom stereocenters. The highest BCUT2D eigenvalue weighted by Crippen LogP contribution is 2.19. The highest BCUT2D eigenvalue weighted by molar-refractivity contribution is 9.10. The van der Waals surface area contributed by atoms with Crippen molar-refractivity contribution >= 4 is 33.3 Å². The summed E-state index contributed by atoms with van der Waals surface area (Å²) in [7, 11) is 0. The van der Waals surface area contributed by atoms with Crippen LogP contribution in [0.5, 0.6) is 0 Å². The monoisotopic (exact) mass is 262 g/mol. The Bertz CT molecular complexity index is 330. The van der Waals surface area contributed by atoms with Crippen molar-refractivity contribution in [1.29, 1.82) is 0 Å². The van der Waals surface area contributed by atoms with E-state index in [1.54, 1.807) is 12.3 Å². The van der Waals surface area contributed by atoms with E-state index in [2.05, 4.69) is 20.9 Å². The molecular formula is C8H8BrClN2O. The van der Waals surface area contributed by atoms with E-state index in [1.807, 2.05) is 0 Å². The third kappa shape index (κ3) is 2.76. The second-order valence-corrected chi connectivity index (χ2v) is 3.73. The largest absolute Gasteiger partial charge is 0.330 e. The minimum absolute atomic E-state index is 0.0821. The van der Waals surface area contributed by atoms with Gasteiger partial charge in [-0.2, -0.15) is 0 Å². The summed E-state index contributed by atoms with van der Waals surface area (Å²) in [5, 5.41) is 0.224. The van der Waals surface area contributed by atoms with Gasteiger partial charge < -0.3 is 5.73 Å². The van der Waals surface area contributed by atoms with Crippen LogP contribution in [0, 0.1) is 0 Å². The van der Waals surface area contributed by atoms with E-state index in [1.165, 1.54) is 0 Å². The van der Waals surface area contributed by atoms with Crippen molar-refractivity contribution in [2.75, 3.05) is 6.54 Å². The van der Waals surface area contributed by atoms with E-state index < -0.39 is 0 Å². The summed E-state index contributed by atoms with van der Waals surface area (Å²) in [6.07, 6.45) is 1.83. The van der Waals surface area contributed by atoms with Crippen molar-refractivity contribution in [3.8, 4) is 0 Å². The third-order valence-electron chi connectivity index (χ3n) is 1.48. The molecule has 0 aromatic carbocycles. The van der Waals surface area contributed by atoms with Crippen LogP contribution in [0.3, 0.4) is 0 Å². The Hall–Kier alpha value is -0.450. The number of Topliss-reactive ketones (excluding diaryl/α,β-unsaturated/α-hetero) is 1. The summed E-state index contributed by atoms with van der Waals surface area (Å²) < 4.78 is 0.734. The van der Waals surface area contributed by atoms with E-state index in [0.29, 0.717) is 12.1 Å². The Morgan fingerprint density at radius 2 is 2.38 bits per heavy atom. The van der Waals surface area contributed by atoms with Gasteiger partial charge in [0.1, 0.15) is 5.15 Å². The summed E-state index contributed by atoms with van der Waals surface area (Å²) in [6.45, 7) is 0.321. The molecule has 1 aromatic rings. The lowest BCUT2D eigenvalue weighted by Gasteiger charge is -2.01. The molecule has 3 nitrogen and oxygen atoms in total. The molecule has 2 N–H and O–H groups in total. The van der Waals surface area contributed by atoms with E-state index >= 15 is 0 Å². The van der Waals surface area contributed by atoms with Crippen LogP contribution in [0.4, 0.5) is 0 Å². The van der Waals surface area contributed by atoms with Crippen molar-refractivity contribution in [2.24, 2.45) is 5.73 Å². The molecule has 0 amide bonds. The zero-order chi connectivity index (χ0) is 9.84. The van der Waals surface area contributed by atoms with Gasteiger partial charge in [0.25, 0.3) is 0 Å². The van der Waals surface area contributed by atoms with Crippen molar-refractivity contribution in [3.05, 3.63) is 27.5 Å². The van der Waals surface area contributed by atoms with Gasteiger partial charge in [-0.3, -0.25) is 4.79 Å². The first-order valence-corrected chi connectivity index (χ1v) is 4.86. The number of hydrogen-bond donors (Lipinski definition) is 1. The van der Waals surface area contributed by atoms with Gasteiger partial charge in [0.05, 0.1) is 5.56 Å². The molecule has 0 aliphatic heterocycles. The lowest BCUT2D eigenvalue weighted by Crippen LogP contribution is -2.09. The summed E-state index contributed by atoms with van der Waals surface area (Å²) in [6, 6.07) is 1.65. The quantitative estimate of drug-likeness (QED) is 0.670. The zero-order valence-electron chi connectivity index (χ0n) is 6.76. The van der Waals surface area contributed by atoms with Crippen molar-refractivity contribution in [2.45, 2.75) is 6.42 Å². The van der Waals surface area contributed by atoms with Crippen molar-refractivity contribution in [3.63, 3.8) is 0 Å². The number of ketones is 1. The third-order valence-corrected chi connectivity index (χ3v) is 2.21. The average Bonchev–Trinajstić information content (AvgIpc) is 2.09. The fraction of sp³-hybridized carbons (Fsp3) is 0.250. The number of nitrogens with zero attached hydrogens (tertiary/aromatic N) is 1. The van der Waals surface area contributed by atoms with E-state index in [0.717, 1.165) is 4.47 Å². The number of nitrogens with two attached hydrogens (primary N) is 1. The topological polar surface area (TPSA) is 56.0 Å². The standard InChI is InChI=1S/C8H8BrClN2O/c9-5-3-6(7(13)1-2-11)8(10)12-4-5/h3-4H,1-2,11H2. The Labute approximate surface area is 89.4 Å². The lowest BCUT2D eigenvalue weighted by atomic mass is 10.1. The van der Waals surface area contributed by atoms with Crippen LogP contribution < -0.4 is 5.73 Å². The maximum absolute atomic E-state index is 11.4. The first-order valence-electron chi connectivity index (χ1n) is 3.69. The fourth-order valence-electron chi connectivity index (χ4n) is 0.884. The highest BCUT2D eigenvalue weighted by Gasteiger charge is 2.10. The number of hydrogen-bond acceptors (Lipinski definition) is 3. The van der Waals surface area contributed by atoms with Gasteiger partial charge in [-0.15, -0.1) is 0 Å². The number of halogens is 2. The first-order chi connectivity index (χ1) is 6.15. The second kappa shape index (κ2) is 4.69. The summed E-state index contributed by atoms with van der Waals surface area (Å²) in [5.74, 6) is -0.0821. The van der Waals surface area contributed by atoms with Gasteiger partial charge in [-0.05, 0) is 28.5 Å². The number of rotatable bonds is 3. The van der Waals surface area contributed by atoms with Gasteiger partial charge in [-0.1, -0.05) is 11.6 Å². The van der Waals surface area contributed by atoms with Gasteiger partial charge in [-0.25, -0.2) is 4.98 Å². The molecule has 0 radical (unpaired) electrons. The Morgan fingerprint density at radius 3 is 3.00 bits per heavy atom. The molecular weight excluding hydrogens is 255 g/mol. The molecule has 0 aliphatic rings. The van der Waals surface area contributed by atoms with Crippen molar-refractivity contribution in [1.82, 2.24) is 4.98 Å². The Morgan fingerprint density at radius 1 is 1.69 bits per heavy atom. The molecule has 70 valence electrons. The zero-order valence-corrected chi connectivity index (χ0v) is 9.10. The molecule has 13 heavy (non-hydrogen) atoms. The van der Waals surface area contributed by atoms with Crippen LogP contribution in [0.2, 0.25) is 5.15 Å². The van der Waals surface area contributed by atoms with Crippen molar-refractivity contribution < 1.29 is 4.79 Å². The van der Waals surface area contributed by atoms with Gasteiger partial charge in [0.2, 0.25) is 0 Å². The molecule has 0 saturated carbocycles. The van der Waals surface area contributed by atoms with Gasteiger partial charge in [0, 0.05) is 17.1 Å². The Kier molecular flexibility index (Phi) is 3.84. The van der Waals surface area contributed by atoms with E-state index in [9.17, 15) is 4.79 Å². The SMILES string of the molecule is NCCC(=O)c1cc(Br)cnc1Cl. The van der Waals surface area contributed by atoms with Gasteiger partial charge in [0.15, 0.2) is 5.78 Å². The van der Waals surface area contributed by atoms with E-state index in [-0.39, 0.29) is 17.4 Å². The number of carbonyl (C=O) groups is 1. The molecule has 5 heteroatoms. The summed E-state index contributed by atoms with van der Waals surface area (Å²) >= 11 is 8.94. The molecule has 1 rings (SSSR count). The van der Waals surface area contributed by atoms with Crippen LogP contribution in [-0.4, -0.2) is 17.3 Å². The molecule has 0 unspecified atom stereocenters. The first kappa shape index (κ1) is 10.6. The molecule has 0 bridgehead atoms. The molecule has 1 aromatic heterocycles. The number of carbonyl (C=O) groups excluding carboxylic acids is 1. The minimum Gasteiger partial charge on any atom is -0.330 e. The average molecular weight is 264 g/mol. The van der Waals surface area contributed by atoms with Crippen LogP contribution in [0.25, 0.3) is 0 Å². The van der Waals surface area contributed by atoms with Crippen LogP contribution in [-0.2, 0) is 0 Å². The molecule has 0 saturated heterocycles. The lowest BCUT2D eigenvalue weighted by molar-refractivity contribution is 0.0985. The smallest absolute Gasteiger partial charge is 0.167 e. The second-order valence-electron chi connectivity index (χ2n) is 2.45. The maximum atomic E-state index is 11.4. The molecule has 0 spiro atoms. The van der Waals surface area contributed by atoms with Crippen LogP contribution >= 0.6 is 27.5 Å². The highest BCUT2D eigenvalue weighted by atomic mass is 79.9.